The molecule has 0 unspecified atom stereocenters. The monoisotopic (exact) mass is 331 g/mol. The highest BCUT2D eigenvalue weighted by atomic mass is 16.2. The Morgan fingerprint density at radius 3 is 2.67 bits per heavy atom. The molecular weight excluding hydrogens is 306 g/mol. The molecule has 0 aromatic carbocycles. The van der Waals surface area contributed by atoms with Crippen molar-refractivity contribution >= 4 is 17.5 Å². The molecule has 1 aliphatic heterocycles. The Morgan fingerprint density at radius 1 is 1.21 bits per heavy atom. The molecular formula is C16H25N7O. The molecule has 2 aromatic rings. The fourth-order valence-electron chi connectivity index (χ4n) is 3.16. The Labute approximate surface area is 141 Å². The van der Waals surface area contributed by atoms with Crippen LogP contribution in [0.1, 0.15) is 27.2 Å². The zero-order valence-electron chi connectivity index (χ0n) is 14.5. The summed E-state index contributed by atoms with van der Waals surface area (Å²) < 4.78 is 1.79. The van der Waals surface area contributed by atoms with E-state index in [2.05, 4.69) is 46.1 Å². The van der Waals surface area contributed by atoms with Crippen LogP contribution in [0.25, 0.3) is 5.65 Å². The van der Waals surface area contributed by atoms with Gasteiger partial charge in [0, 0.05) is 32.2 Å². The highest BCUT2D eigenvalue weighted by molar-refractivity contribution is 5.74. The maximum Gasteiger partial charge on any atom is 0.317 e. The molecule has 24 heavy (non-hydrogen) atoms. The van der Waals surface area contributed by atoms with Gasteiger partial charge in [-0.25, -0.2) is 9.78 Å². The van der Waals surface area contributed by atoms with Crippen LogP contribution in [0, 0.1) is 5.92 Å². The van der Waals surface area contributed by atoms with Crippen molar-refractivity contribution in [2.75, 3.05) is 31.1 Å². The predicted molar refractivity (Wildman–Crippen MR) is 92.0 cm³/mol. The summed E-state index contributed by atoms with van der Waals surface area (Å²) in [5, 5.41) is 7.34. The molecule has 0 aliphatic carbocycles. The van der Waals surface area contributed by atoms with Gasteiger partial charge in [0.15, 0.2) is 11.5 Å². The molecule has 130 valence electrons. The van der Waals surface area contributed by atoms with Crippen molar-refractivity contribution in [2.24, 2.45) is 5.92 Å². The molecule has 1 fully saturated rings. The largest absolute Gasteiger partial charge is 0.352 e. The third kappa shape index (κ3) is 3.58. The van der Waals surface area contributed by atoms with Gasteiger partial charge in [0.1, 0.15) is 6.33 Å². The molecule has 2 aromatic heterocycles. The Morgan fingerprint density at radius 2 is 1.96 bits per heavy atom. The van der Waals surface area contributed by atoms with E-state index in [1.807, 2.05) is 4.90 Å². The number of anilines is 1. The first-order valence-corrected chi connectivity index (χ1v) is 8.48. The van der Waals surface area contributed by atoms with Gasteiger partial charge < -0.3 is 15.1 Å². The first-order chi connectivity index (χ1) is 11.5. The molecule has 2 amide bonds. The van der Waals surface area contributed by atoms with Crippen molar-refractivity contribution < 1.29 is 4.79 Å². The van der Waals surface area contributed by atoms with E-state index in [0.29, 0.717) is 19.0 Å². The Kier molecular flexibility index (Phi) is 4.82. The number of hydrogen-bond donors (Lipinski definition) is 1. The highest BCUT2D eigenvalue weighted by Crippen LogP contribution is 2.16. The van der Waals surface area contributed by atoms with Crippen LogP contribution in [0.5, 0.6) is 0 Å². The predicted octanol–water partition coefficient (Wildman–Crippen LogP) is 1.39. The van der Waals surface area contributed by atoms with Gasteiger partial charge in [0.05, 0.1) is 12.4 Å². The van der Waals surface area contributed by atoms with Crippen molar-refractivity contribution in [3.8, 4) is 0 Å². The Hall–Kier alpha value is -2.38. The smallest absolute Gasteiger partial charge is 0.317 e. The molecule has 3 heterocycles. The molecule has 1 N–H and O–H groups in total. The molecule has 0 spiro atoms. The van der Waals surface area contributed by atoms with Gasteiger partial charge in [-0.1, -0.05) is 13.8 Å². The van der Waals surface area contributed by atoms with Crippen molar-refractivity contribution in [1.29, 1.82) is 0 Å². The van der Waals surface area contributed by atoms with Crippen LogP contribution in [0.2, 0.25) is 0 Å². The minimum Gasteiger partial charge on any atom is -0.352 e. The van der Waals surface area contributed by atoms with Crippen LogP contribution >= 0.6 is 0 Å². The summed E-state index contributed by atoms with van der Waals surface area (Å²) in [6.45, 7) is 9.28. The van der Waals surface area contributed by atoms with E-state index in [9.17, 15) is 4.79 Å². The number of amides is 2. The zero-order valence-corrected chi connectivity index (χ0v) is 14.5. The number of hydrogen-bond acceptors (Lipinski definition) is 5. The van der Waals surface area contributed by atoms with E-state index in [1.165, 1.54) is 6.33 Å². The Bertz CT molecular complexity index is 691. The second-order valence-corrected chi connectivity index (χ2v) is 6.75. The van der Waals surface area contributed by atoms with Crippen LogP contribution in [-0.2, 0) is 0 Å². The SMILES string of the molecule is CC(C)C[C@H](C)NC(=O)N1CCN(c2cncc3ncnn23)CC1. The first-order valence-electron chi connectivity index (χ1n) is 8.48. The molecule has 1 saturated heterocycles. The molecule has 8 nitrogen and oxygen atoms in total. The summed E-state index contributed by atoms with van der Waals surface area (Å²) in [5.41, 5.74) is 0.732. The van der Waals surface area contributed by atoms with Gasteiger partial charge in [0.25, 0.3) is 0 Å². The number of carbonyl (C=O) groups is 1. The summed E-state index contributed by atoms with van der Waals surface area (Å²) >= 11 is 0. The quantitative estimate of drug-likeness (QED) is 0.916. The summed E-state index contributed by atoms with van der Waals surface area (Å²) in [5.74, 6) is 1.49. The molecule has 1 aliphatic rings. The third-order valence-electron chi connectivity index (χ3n) is 4.26. The third-order valence-corrected chi connectivity index (χ3v) is 4.26. The number of piperazine rings is 1. The fraction of sp³-hybridized carbons (Fsp3) is 0.625. The standard InChI is InChI=1S/C16H25N7O/c1-12(2)8-13(3)20-16(24)22-6-4-21(5-7-22)15-10-17-9-14-18-11-19-23(14)15/h9-13H,4-8H2,1-3H3,(H,20,24)/t13-/m0/s1. The molecule has 1 atom stereocenters. The van der Waals surface area contributed by atoms with Crippen molar-refractivity contribution in [1.82, 2.24) is 29.8 Å². The lowest BCUT2D eigenvalue weighted by molar-refractivity contribution is 0.189. The van der Waals surface area contributed by atoms with Gasteiger partial charge in [-0.2, -0.15) is 9.61 Å². The van der Waals surface area contributed by atoms with Crippen LogP contribution in [0.4, 0.5) is 10.6 Å². The second-order valence-electron chi connectivity index (χ2n) is 6.75. The topological polar surface area (TPSA) is 78.7 Å². The summed E-state index contributed by atoms with van der Waals surface area (Å²) in [7, 11) is 0. The van der Waals surface area contributed by atoms with E-state index in [0.717, 1.165) is 31.0 Å². The summed E-state index contributed by atoms with van der Waals surface area (Å²) in [6, 6.07) is 0.225. The van der Waals surface area contributed by atoms with Crippen molar-refractivity contribution in [3.63, 3.8) is 0 Å². The number of nitrogens with one attached hydrogen (secondary N) is 1. The van der Waals surface area contributed by atoms with Gasteiger partial charge in [-0.15, -0.1) is 0 Å². The van der Waals surface area contributed by atoms with E-state index >= 15 is 0 Å². The fourth-order valence-corrected chi connectivity index (χ4v) is 3.16. The van der Waals surface area contributed by atoms with Crippen molar-refractivity contribution in [3.05, 3.63) is 18.7 Å². The Balaban J connectivity index is 1.58. The lowest BCUT2D eigenvalue weighted by atomic mass is 10.1. The number of carbonyl (C=O) groups excluding carboxylic acids is 1. The van der Waals surface area contributed by atoms with Crippen LogP contribution < -0.4 is 10.2 Å². The number of urea groups is 1. The van der Waals surface area contributed by atoms with Gasteiger partial charge in [-0.3, -0.25) is 4.98 Å². The van der Waals surface area contributed by atoms with Crippen molar-refractivity contribution in [2.45, 2.75) is 33.2 Å². The molecule has 0 bridgehead atoms. The minimum absolute atomic E-state index is 0.0277. The second kappa shape index (κ2) is 7.02. The number of rotatable bonds is 4. The van der Waals surface area contributed by atoms with Gasteiger partial charge in [-0.05, 0) is 19.3 Å². The molecule has 8 heteroatoms. The van der Waals surface area contributed by atoms with E-state index in [4.69, 9.17) is 0 Å². The average Bonchev–Trinajstić information content (AvgIpc) is 3.02. The molecule has 0 saturated carbocycles. The number of aromatic nitrogens is 4. The van der Waals surface area contributed by atoms with Gasteiger partial charge in [0.2, 0.25) is 0 Å². The maximum absolute atomic E-state index is 12.4. The van der Waals surface area contributed by atoms with Crippen LogP contribution in [0.15, 0.2) is 18.7 Å². The average molecular weight is 331 g/mol. The van der Waals surface area contributed by atoms with E-state index < -0.39 is 0 Å². The molecule has 0 radical (unpaired) electrons. The normalized spacial score (nSPS) is 16.7. The summed E-state index contributed by atoms with van der Waals surface area (Å²) in [6.07, 6.45) is 6.00. The lowest BCUT2D eigenvalue weighted by Gasteiger charge is -2.36. The van der Waals surface area contributed by atoms with E-state index in [1.54, 1.807) is 16.9 Å². The maximum atomic E-state index is 12.4. The van der Waals surface area contributed by atoms with Crippen LogP contribution in [-0.4, -0.2) is 62.7 Å². The lowest BCUT2D eigenvalue weighted by Crippen LogP contribution is -2.53. The highest BCUT2D eigenvalue weighted by Gasteiger charge is 2.23. The number of nitrogens with zero attached hydrogens (tertiary/aromatic N) is 6. The molecule has 3 rings (SSSR count). The number of fused-ring (bicyclic) bond motifs is 1. The minimum atomic E-state index is 0.0277. The van der Waals surface area contributed by atoms with Gasteiger partial charge >= 0.3 is 6.03 Å². The van der Waals surface area contributed by atoms with Crippen LogP contribution in [0.3, 0.4) is 0 Å². The summed E-state index contributed by atoms with van der Waals surface area (Å²) in [4.78, 5) is 24.8. The van der Waals surface area contributed by atoms with E-state index in [-0.39, 0.29) is 12.1 Å². The zero-order chi connectivity index (χ0) is 17.1. The first kappa shape index (κ1) is 16.5.